The van der Waals surface area contributed by atoms with Crippen LogP contribution in [0.25, 0.3) is 0 Å². The first kappa shape index (κ1) is 19.9. The van der Waals surface area contributed by atoms with Crippen LogP contribution in [0.3, 0.4) is 0 Å². The highest BCUT2D eigenvalue weighted by atomic mass is 16.7. The van der Waals surface area contributed by atoms with E-state index in [0.717, 1.165) is 0 Å². The number of hydrogen-bond acceptors (Lipinski definition) is 9. The van der Waals surface area contributed by atoms with Crippen LogP contribution in [-0.4, -0.2) is 55.1 Å². The van der Waals surface area contributed by atoms with E-state index in [1.54, 1.807) is 6.92 Å². The van der Waals surface area contributed by atoms with Crippen LogP contribution in [0.4, 0.5) is 0 Å². The van der Waals surface area contributed by atoms with Crippen LogP contribution >= 0.6 is 0 Å². The highest BCUT2D eigenvalue weighted by Gasteiger charge is 2.49. The molecule has 1 rings (SSSR count). The Hall–Kier alpha value is -2.16. The second-order valence-electron chi connectivity index (χ2n) is 5.46. The van der Waals surface area contributed by atoms with E-state index in [-0.39, 0.29) is 6.61 Å². The van der Waals surface area contributed by atoms with Crippen molar-refractivity contribution in [3.63, 3.8) is 0 Å². The third-order valence-electron chi connectivity index (χ3n) is 3.28. The SMILES string of the molecule is CC(=O)OCC1O[C@H](OC(C)=O)[C@@H](C)C(OC(C)=O)[C@H]1OC(C)=O. The van der Waals surface area contributed by atoms with E-state index >= 15 is 0 Å². The van der Waals surface area contributed by atoms with Gasteiger partial charge in [0.25, 0.3) is 0 Å². The lowest BCUT2D eigenvalue weighted by molar-refractivity contribution is -0.281. The fraction of sp³-hybridized carbons (Fsp3) is 0.733. The van der Waals surface area contributed by atoms with Gasteiger partial charge in [0.15, 0.2) is 6.10 Å². The number of carbonyl (C=O) groups excluding carboxylic acids is 4. The quantitative estimate of drug-likeness (QED) is 0.513. The minimum atomic E-state index is -1.04. The molecule has 0 amide bonds. The van der Waals surface area contributed by atoms with Gasteiger partial charge in [-0.2, -0.15) is 0 Å². The smallest absolute Gasteiger partial charge is 0.304 e. The zero-order chi connectivity index (χ0) is 18.4. The Morgan fingerprint density at radius 1 is 0.792 bits per heavy atom. The van der Waals surface area contributed by atoms with Crippen LogP contribution in [0.2, 0.25) is 0 Å². The predicted octanol–water partition coefficient (Wildman–Crippen LogP) is 0.337. The molecule has 0 aromatic rings. The van der Waals surface area contributed by atoms with Gasteiger partial charge >= 0.3 is 23.9 Å². The van der Waals surface area contributed by atoms with E-state index in [1.165, 1.54) is 27.7 Å². The Bertz CT molecular complexity index is 485. The van der Waals surface area contributed by atoms with Gasteiger partial charge in [-0.15, -0.1) is 0 Å². The van der Waals surface area contributed by atoms with Crippen LogP contribution in [0.15, 0.2) is 0 Å². The fourth-order valence-corrected chi connectivity index (χ4v) is 2.37. The maximum atomic E-state index is 11.4. The maximum Gasteiger partial charge on any atom is 0.304 e. The Morgan fingerprint density at radius 2 is 1.29 bits per heavy atom. The topological polar surface area (TPSA) is 114 Å². The molecule has 0 bridgehead atoms. The van der Waals surface area contributed by atoms with Gasteiger partial charge in [-0.1, -0.05) is 6.92 Å². The molecule has 1 saturated heterocycles. The molecule has 9 heteroatoms. The Morgan fingerprint density at radius 3 is 1.75 bits per heavy atom. The van der Waals surface area contributed by atoms with Crippen molar-refractivity contribution in [2.24, 2.45) is 5.92 Å². The first-order valence-electron chi connectivity index (χ1n) is 7.42. The number of ether oxygens (including phenoxy) is 5. The molecule has 1 aliphatic rings. The van der Waals surface area contributed by atoms with Gasteiger partial charge in [-0.3, -0.25) is 19.2 Å². The summed E-state index contributed by atoms with van der Waals surface area (Å²) in [5.74, 6) is -2.97. The van der Waals surface area contributed by atoms with Crippen molar-refractivity contribution >= 4 is 23.9 Å². The minimum absolute atomic E-state index is 0.254. The zero-order valence-corrected chi connectivity index (χ0v) is 14.3. The molecule has 0 saturated carbocycles. The predicted molar refractivity (Wildman–Crippen MR) is 77.3 cm³/mol. The Labute approximate surface area is 139 Å². The van der Waals surface area contributed by atoms with Gasteiger partial charge in [-0.25, -0.2) is 0 Å². The highest BCUT2D eigenvalue weighted by molar-refractivity contribution is 5.68. The first-order valence-corrected chi connectivity index (χ1v) is 7.42. The van der Waals surface area contributed by atoms with Crippen molar-refractivity contribution in [2.75, 3.05) is 6.61 Å². The standard InChI is InChI=1S/C15H22O9/c1-7-13(21-9(3)17)14(22-10(4)18)12(6-20-8(2)16)24-15(7)23-11(5)19/h7,12-15H,6H2,1-5H3/t7-,12?,13?,14-,15-/m0/s1. The van der Waals surface area contributed by atoms with Crippen molar-refractivity contribution in [2.45, 2.75) is 59.2 Å². The number of hydrogen-bond donors (Lipinski definition) is 0. The van der Waals surface area contributed by atoms with Crippen LogP contribution in [0.1, 0.15) is 34.6 Å². The van der Waals surface area contributed by atoms with Crippen molar-refractivity contribution in [1.29, 1.82) is 0 Å². The molecule has 1 aliphatic heterocycles. The second-order valence-corrected chi connectivity index (χ2v) is 5.46. The average Bonchev–Trinajstić information content (AvgIpc) is 2.42. The van der Waals surface area contributed by atoms with E-state index in [0.29, 0.717) is 0 Å². The summed E-state index contributed by atoms with van der Waals surface area (Å²) in [6.45, 7) is 6.18. The van der Waals surface area contributed by atoms with E-state index < -0.39 is 54.4 Å². The molecule has 0 spiro atoms. The van der Waals surface area contributed by atoms with Crippen LogP contribution in [0, 0.1) is 5.92 Å². The Kier molecular flexibility index (Phi) is 7.15. The summed E-state index contributed by atoms with van der Waals surface area (Å²) in [7, 11) is 0. The summed E-state index contributed by atoms with van der Waals surface area (Å²) in [5, 5.41) is 0. The van der Waals surface area contributed by atoms with Crippen LogP contribution in [0.5, 0.6) is 0 Å². The molecule has 0 aromatic carbocycles. The molecule has 0 radical (unpaired) electrons. The van der Waals surface area contributed by atoms with E-state index in [9.17, 15) is 19.2 Å². The summed E-state index contributed by atoms with van der Waals surface area (Å²) < 4.78 is 26.0. The summed E-state index contributed by atoms with van der Waals surface area (Å²) in [4.78, 5) is 45.1. The molecule has 0 N–H and O–H groups in total. The van der Waals surface area contributed by atoms with Crippen LogP contribution in [-0.2, 0) is 42.9 Å². The van der Waals surface area contributed by atoms with Gasteiger partial charge in [0.05, 0.1) is 5.92 Å². The summed E-state index contributed by atoms with van der Waals surface area (Å²) in [5.41, 5.74) is 0. The highest BCUT2D eigenvalue weighted by Crippen LogP contribution is 2.31. The lowest BCUT2D eigenvalue weighted by Gasteiger charge is -2.43. The molecular weight excluding hydrogens is 324 g/mol. The number of esters is 4. The molecule has 136 valence electrons. The molecule has 0 aromatic heterocycles. The van der Waals surface area contributed by atoms with Crippen LogP contribution < -0.4 is 0 Å². The summed E-state index contributed by atoms with van der Waals surface area (Å²) >= 11 is 0. The molecule has 9 nitrogen and oxygen atoms in total. The van der Waals surface area contributed by atoms with Crippen molar-refractivity contribution in [3.05, 3.63) is 0 Å². The van der Waals surface area contributed by atoms with Gasteiger partial charge in [0.1, 0.15) is 18.8 Å². The van der Waals surface area contributed by atoms with E-state index in [2.05, 4.69) is 0 Å². The molecule has 0 aliphatic carbocycles. The summed E-state index contributed by atoms with van der Waals surface area (Å²) in [6, 6.07) is 0. The molecular formula is C15H22O9. The van der Waals surface area contributed by atoms with Gasteiger partial charge < -0.3 is 23.7 Å². The third-order valence-corrected chi connectivity index (χ3v) is 3.28. The zero-order valence-electron chi connectivity index (χ0n) is 14.3. The lowest BCUT2D eigenvalue weighted by atomic mass is 9.92. The Balaban J connectivity index is 3.08. The van der Waals surface area contributed by atoms with Crippen molar-refractivity contribution in [3.8, 4) is 0 Å². The van der Waals surface area contributed by atoms with Crippen molar-refractivity contribution in [1.82, 2.24) is 0 Å². The fourth-order valence-electron chi connectivity index (χ4n) is 2.37. The number of rotatable bonds is 5. The van der Waals surface area contributed by atoms with Gasteiger partial charge in [0.2, 0.25) is 6.29 Å². The molecule has 5 atom stereocenters. The average molecular weight is 346 g/mol. The van der Waals surface area contributed by atoms with Gasteiger partial charge in [0, 0.05) is 27.7 Å². The first-order chi connectivity index (χ1) is 11.1. The maximum absolute atomic E-state index is 11.4. The van der Waals surface area contributed by atoms with Gasteiger partial charge in [-0.05, 0) is 0 Å². The largest absolute Gasteiger partial charge is 0.463 e. The minimum Gasteiger partial charge on any atom is -0.463 e. The lowest BCUT2D eigenvalue weighted by Crippen LogP contribution is -2.58. The third kappa shape index (κ3) is 5.80. The van der Waals surface area contributed by atoms with E-state index in [1.807, 2.05) is 0 Å². The monoisotopic (exact) mass is 346 g/mol. The molecule has 1 heterocycles. The molecule has 24 heavy (non-hydrogen) atoms. The second kappa shape index (κ2) is 8.62. The van der Waals surface area contributed by atoms with E-state index in [4.69, 9.17) is 23.7 Å². The van der Waals surface area contributed by atoms with Crippen molar-refractivity contribution < 1.29 is 42.9 Å². The normalized spacial score (nSPS) is 29.3. The summed E-state index contributed by atoms with van der Waals surface area (Å²) in [6.07, 6.45) is -3.93. The molecule has 2 unspecified atom stereocenters. The molecule has 1 fully saturated rings. The number of carbonyl (C=O) groups is 4.